The quantitative estimate of drug-likeness (QED) is 0.861. The van der Waals surface area contributed by atoms with Crippen LogP contribution in [0.3, 0.4) is 0 Å². The molecule has 0 radical (unpaired) electrons. The van der Waals surface area contributed by atoms with Crippen LogP contribution in [-0.2, 0) is 6.61 Å². The number of hydrogen-bond donors (Lipinski definition) is 1. The highest BCUT2D eigenvalue weighted by Gasteiger charge is 1.99. The van der Waals surface area contributed by atoms with Crippen LogP contribution in [0.2, 0.25) is 0 Å². The topological polar surface area (TPSA) is 38.0 Å². The van der Waals surface area contributed by atoms with Gasteiger partial charge in [-0.3, -0.25) is 0 Å². The second-order valence-corrected chi connectivity index (χ2v) is 4.16. The van der Waals surface area contributed by atoms with Gasteiger partial charge in [0.2, 0.25) is 0 Å². The Morgan fingerprint density at radius 2 is 2.29 bits per heavy atom. The summed E-state index contributed by atoms with van der Waals surface area (Å²) in [5.41, 5.74) is 1.74. The first-order valence-electron chi connectivity index (χ1n) is 4.19. The van der Waals surface area contributed by atoms with E-state index in [9.17, 15) is 0 Å². The van der Waals surface area contributed by atoms with Gasteiger partial charge in [-0.25, -0.2) is 4.98 Å². The lowest BCUT2D eigenvalue weighted by Gasteiger charge is -2.01. The van der Waals surface area contributed by atoms with Crippen molar-refractivity contribution in [3.8, 4) is 5.69 Å². The van der Waals surface area contributed by atoms with Crippen LogP contribution in [-0.4, -0.2) is 14.7 Å². The van der Waals surface area contributed by atoms with Crippen molar-refractivity contribution in [1.29, 1.82) is 0 Å². The highest BCUT2D eigenvalue weighted by molar-refractivity contribution is 14.1. The maximum atomic E-state index is 8.88. The molecule has 72 valence electrons. The molecule has 1 N–H and O–H groups in total. The normalized spacial score (nSPS) is 10.4. The first-order chi connectivity index (χ1) is 6.79. The SMILES string of the molecule is OCc1cn(-c2cccc(I)c2)cn1. The average Bonchev–Trinajstić information content (AvgIpc) is 2.66. The molecule has 0 aliphatic heterocycles. The second kappa shape index (κ2) is 4.10. The Kier molecular flexibility index (Phi) is 2.83. The van der Waals surface area contributed by atoms with Crippen molar-refractivity contribution in [2.24, 2.45) is 0 Å². The van der Waals surface area contributed by atoms with Crippen molar-refractivity contribution in [2.45, 2.75) is 6.61 Å². The van der Waals surface area contributed by atoms with Crippen molar-refractivity contribution in [1.82, 2.24) is 9.55 Å². The van der Waals surface area contributed by atoms with Gasteiger partial charge in [-0.15, -0.1) is 0 Å². The Hall–Kier alpha value is -0.880. The number of halogens is 1. The van der Waals surface area contributed by atoms with E-state index < -0.39 is 0 Å². The van der Waals surface area contributed by atoms with E-state index in [1.807, 2.05) is 29.0 Å². The third-order valence-corrected chi connectivity index (χ3v) is 2.58. The number of benzene rings is 1. The van der Waals surface area contributed by atoms with Gasteiger partial charge in [0.15, 0.2) is 0 Å². The van der Waals surface area contributed by atoms with E-state index in [0.29, 0.717) is 5.69 Å². The Labute approximate surface area is 95.5 Å². The van der Waals surface area contributed by atoms with Gasteiger partial charge in [0.1, 0.15) is 0 Å². The molecule has 0 aliphatic rings. The lowest BCUT2D eigenvalue weighted by Crippen LogP contribution is -1.89. The summed E-state index contributed by atoms with van der Waals surface area (Å²) in [6.07, 6.45) is 3.53. The van der Waals surface area contributed by atoms with Crippen molar-refractivity contribution in [2.75, 3.05) is 0 Å². The Morgan fingerprint density at radius 1 is 1.43 bits per heavy atom. The molecule has 0 saturated carbocycles. The van der Waals surface area contributed by atoms with Crippen LogP contribution in [0.15, 0.2) is 36.8 Å². The van der Waals surface area contributed by atoms with Gasteiger partial charge in [0.05, 0.1) is 18.6 Å². The van der Waals surface area contributed by atoms with Gasteiger partial charge in [-0.1, -0.05) is 6.07 Å². The fraction of sp³-hybridized carbons (Fsp3) is 0.100. The van der Waals surface area contributed by atoms with E-state index in [0.717, 1.165) is 5.69 Å². The minimum atomic E-state index is -0.0169. The van der Waals surface area contributed by atoms with E-state index in [1.165, 1.54) is 3.57 Å². The van der Waals surface area contributed by atoms with Crippen LogP contribution in [0, 0.1) is 3.57 Å². The molecule has 2 aromatic rings. The average molecular weight is 300 g/mol. The van der Waals surface area contributed by atoms with Crippen LogP contribution < -0.4 is 0 Å². The first kappa shape index (κ1) is 9.67. The standard InChI is InChI=1S/C10H9IN2O/c11-8-2-1-3-10(4-8)13-5-9(6-14)12-7-13/h1-5,7,14H,6H2. The van der Waals surface area contributed by atoms with Crippen LogP contribution in [0.5, 0.6) is 0 Å². The van der Waals surface area contributed by atoms with Crippen LogP contribution >= 0.6 is 22.6 Å². The molecule has 1 aromatic heterocycles. The molecule has 0 fully saturated rings. The summed E-state index contributed by atoms with van der Waals surface area (Å²) in [5, 5.41) is 8.88. The third kappa shape index (κ3) is 1.96. The number of rotatable bonds is 2. The zero-order chi connectivity index (χ0) is 9.97. The molecule has 0 saturated heterocycles. The molecule has 4 heteroatoms. The first-order valence-corrected chi connectivity index (χ1v) is 5.27. The van der Waals surface area contributed by atoms with Crippen molar-refractivity contribution < 1.29 is 5.11 Å². The molecule has 1 heterocycles. The molecule has 0 amide bonds. The fourth-order valence-electron chi connectivity index (χ4n) is 1.22. The highest BCUT2D eigenvalue weighted by Crippen LogP contribution is 2.12. The Balaban J connectivity index is 2.39. The van der Waals surface area contributed by atoms with E-state index >= 15 is 0 Å². The Bertz CT molecular complexity index is 439. The smallest absolute Gasteiger partial charge is 0.0996 e. The zero-order valence-corrected chi connectivity index (χ0v) is 9.55. The number of hydrogen-bond acceptors (Lipinski definition) is 2. The summed E-state index contributed by atoms with van der Waals surface area (Å²) in [4.78, 5) is 4.05. The van der Waals surface area contributed by atoms with E-state index in [4.69, 9.17) is 5.11 Å². The third-order valence-electron chi connectivity index (χ3n) is 1.90. The van der Waals surface area contributed by atoms with Crippen molar-refractivity contribution >= 4 is 22.6 Å². The monoisotopic (exact) mass is 300 g/mol. The molecule has 0 aliphatic carbocycles. The molecule has 0 atom stereocenters. The van der Waals surface area contributed by atoms with Gasteiger partial charge in [-0.2, -0.15) is 0 Å². The molecular weight excluding hydrogens is 291 g/mol. The minimum absolute atomic E-state index is 0.0169. The second-order valence-electron chi connectivity index (χ2n) is 2.91. The van der Waals surface area contributed by atoms with Gasteiger partial charge in [0, 0.05) is 15.5 Å². The number of aromatic nitrogens is 2. The molecule has 0 spiro atoms. The van der Waals surface area contributed by atoms with Gasteiger partial charge in [-0.05, 0) is 40.8 Å². The van der Waals surface area contributed by atoms with Gasteiger partial charge < -0.3 is 9.67 Å². The largest absolute Gasteiger partial charge is 0.390 e. The number of aliphatic hydroxyl groups is 1. The van der Waals surface area contributed by atoms with E-state index in [2.05, 4.69) is 33.6 Å². The molecule has 2 rings (SSSR count). The van der Waals surface area contributed by atoms with E-state index in [-0.39, 0.29) is 6.61 Å². The van der Waals surface area contributed by atoms with Gasteiger partial charge >= 0.3 is 0 Å². The number of aliphatic hydroxyl groups excluding tert-OH is 1. The summed E-state index contributed by atoms with van der Waals surface area (Å²) in [7, 11) is 0. The maximum absolute atomic E-state index is 8.88. The zero-order valence-electron chi connectivity index (χ0n) is 7.39. The summed E-state index contributed by atoms with van der Waals surface area (Å²) >= 11 is 2.27. The van der Waals surface area contributed by atoms with Crippen LogP contribution in [0.1, 0.15) is 5.69 Å². The van der Waals surface area contributed by atoms with Crippen LogP contribution in [0.25, 0.3) is 5.69 Å². The van der Waals surface area contributed by atoms with Gasteiger partial charge in [0.25, 0.3) is 0 Å². The summed E-state index contributed by atoms with van der Waals surface area (Å²) in [5.74, 6) is 0. The highest BCUT2D eigenvalue weighted by atomic mass is 127. The number of nitrogens with zero attached hydrogens (tertiary/aromatic N) is 2. The minimum Gasteiger partial charge on any atom is -0.390 e. The molecule has 1 aromatic carbocycles. The molecular formula is C10H9IN2O. The van der Waals surface area contributed by atoms with Crippen molar-refractivity contribution in [3.05, 3.63) is 46.1 Å². The summed E-state index contributed by atoms with van der Waals surface area (Å²) in [6, 6.07) is 8.10. The lowest BCUT2D eigenvalue weighted by atomic mass is 10.3. The maximum Gasteiger partial charge on any atom is 0.0996 e. The lowest BCUT2D eigenvalue weighted by molar-refractivity contribution is 0.277. The summed E-state index contributed by atoms with van der Waals surface area (Å²) < 4.78 is 3.08. The van der Waals surface area contributed by atoms with Crippen molar-refractivity contribution in [3.63, 3.8) is 0 Å². The predicted molar refractivity (Wildman–Crippen MR) is 62.2 cm³/mol. The molecule has 0 unspecified atom stereocenters. The Morgan fingerprint density at radius 3 is 2.93 bits per heavy atom. The molecule has 0 bridgehead atoms. The van der Waals surface area contributed by atoms with Crippen LogP contribution in [0.4, 0.5) is 0 Å². The number of imidazole rings is 1. The van der Waals surface area contributed by atoms with E-state index in [1.54, 1.807) is 6.33 Å². The molecule has 3 nitrogen and oxygen atoms in total. The predicted octanol–water partition coefficient (Wildman–Crippen LogP) is 1.97. The summed E-state index contributed by atoms with van der Waals surface area (Å²) in [6.45, 7) is -0.0169. The fourth-order valence-corrected chi connectivity index (χ4v) is 1.75. The molecule has 14 heavy (non-hydrogen) atoms.